The molecule has 2 aromatic rings. The van der Waals surface area contributed by atoms with E-state index in [1.807, 2.05) is 30.3 Å². The number of nitrogens with zero attached hydrogens (tertiary/aromatic N) is 1. The molecule has 4 nitrogen and oxygen atoms in total. The third-order valence-corrected chi connectivity index (χ3v) is 4.23. The van der Waals surface area contributed by atoms with Gasteiger partial charge in [0.1, 0.15) is 6.10 Å². The number of amides is 2. The summed E-state index contributed by atoms with van der Waals surface area (Å²) in [6.45, 7) is 0. The van der Waals surface area contributed by atoms with E-state index >= 15 is 0 Å². The Labute approximate surface area is 127 Å². The first-order valence-corrected chi connectivity index (χ1v) is 7.10. The summed E-state index contributed by atoms with van der Waals surface area (Å²) in [6.07, 6.45) is 2.65. The highest BCUT2D eigenvalue weighted by molar-refractivity contribution is 6.21. The number of carbonyl (C=O) groups excluding carboxylic acids is 2. The van der Waals surface area contributed by atoms with Crippen LogP contribution in [0.1, 0.15) is 37.9 Å². The van der Waals surface area contributed by atoms with Crippen LogP contribution in [-0.4, -0.2) is 27.9 Å². The van der Waals surface area contributed by atoms with Crippen molar-refractivity contribution in [2.45, 2.75) is 12.1 Å². The maximum absolute atomic E-state index is 12.5. The number of imide groups is 1. The van der Waals surface area contributed by atoms with E-state index in [-0.39, 0.29) is 11.8 Å². The number of rotatable bonds is 1. The first-order chi connectivity index (χ1) is 10.7. The van der Waals surface area contributed by atoms with Gasteiger partial charge in [0.2, 0.25) is 0 Å². The van der Waals surface area contributed by atoms with Gasteiger partial charge >= 0.3 is 0 Å². The van der Waals surface area contributed by atoms with Crippen LogP contribution < -0.4 is 0 Å². The van der Waals surface area contributed by atoms with Crippen LogP contribution in [0.5, 0.6) is 0 Å². The van der Waals surface area contributed by atoms with E-state index < -0.39 is 12.1 Å². The van der Waals surface area contributed by atoms with Crippen LogP contribution in [0.2, 0.25) is 0 Å². The normalized spacial score (nSPS) is 22.7. The highest BCUT2D eigenvalue weighted by Gasteiger charge is 2.42. The number of hydrogen-bond acceptors (Lipinski definition) is 3. The average Bonchev–Trinajstić information content (AvgIpc) is 2.81. The van der Waals surface area contributed by atoms with Gasteiger partial charge in [0, 0.05) is 0 Å². The monoisotopic (exact) mass is 291 g/mol. The molecule has 2 atom stereocenters. The predicted molar refractivity (Wildman–Crippen MR) is 81.2 cm³/mol. The number of fused-ring (bicyclic) bond motifs is 2. The van der Waals surface area contributed by atoms with Gasteiger partial charge in [-0.25, -0.2) is 0 Å². The molecule has 1 aliphatic carbocycles. The fraction of sp³-hybridized carbons (Fsp3) is 0.111. The molecule has 2 aliphatic rings. The molecule has 0 radical (unpaired) electrons. The summed E-state index contributed by atoms with van der Waals surface area (Å²) in [5, 5.41) is 10.6. The van der Waals surface area contributed by atoms with Crippen molar-refractivity contribution in [3.05, 3.63) is 76.9 Å². The van der Waals surface area contributed by atoms with Crippen molar-refractivity contribution < 1.29 is 14.7 Å². The quantitative estimate of drug-likeness (QED) is 0.821. The average molecular weight is 291 g/mol. The number of aliphatic hydroxyl groups excluding tert-OH is 1. The molecule has 22 heavy (non-hydrogen) atoms. The molecule has 0 aromatic heterocycles. The van der Waals surface area contributed by atoms with E-state index in [0.29, 0.717) is 11.1 Å². The highest BCUT2D eigenvalue weighted by Crippen LogP contribution is 2.35. The minimum atomic E-state index is -0.914. The highest BCUT2D eigenvalue weighted by atomic mass is 16.3. The molecule has 2 amide bonds. The maximum atomic E-state index is 12.5. The minimum absolute atomic E-state index is 0.353. The van der Waals surface area contributed by atoms with Gasteiger partial charge in [-0.05, 0) is 23.3 Å². The fourth-order valence-electron chi connectivity index (χ4n) is 3.13. The van der Waals surface area contributed by atoms with E-state index in [2.05, 4.69) is 0 Å². The zero-order valence-corrected chi connectivity index (χ0v) is 11.6. The van der Waals surface area contributed by atoms with Crippen LogP contribution in [0.4, 0.5) is 0 Å². The Balaban J connectivity index is 1.76. The van der Waals surface area contributed by atoms with E-state index in [1.165, 1.54) is 0 Å². The summed E-state index contributed by atoms with van der Waals surface area (Å²) in [5.74, 6) is -0.706. The predicted octanol–water partition coefficient (Wildman–Crippen LogP) is 2.41. The van der Waals surface area contributed by atoms with Gasteiger partial charge in [0.15, 0.2) is 0 Å². The standard InChI is InChI=1S/C18H13NO3/c20-16-12-6-2-1-5-11(12)9-10-15(16)19-17(21)13-7-3-4-8-14(13)18(19)22/h1-10,15-16,20H/t15-,16-/m1/s1. The molecule has 0 fully saturated rings. The van der Waals surface area contributed by atoms with Crippen LogP contribution >= 0.6 is 0 Å². The number of aliphatic hydroxyl groups is 1. The Hall–Kier alpha value is -2.72. The van der Waals surface area contributed by atoms with Gasteiger partial charge in [-0.15, -0.1) is 0 Å². The number of carbonyl (C=O) groups is 2. The lowest BCUT2D eigenvalue weighted by molar-refractivity contribution is 0.0426. The smallest absolute Gasteiger partial charge is 0.262 e. The Morgan fingerprint density at radius 3 is 2.14 bits per heavy atom. The summed E-state index contributed by atoms with van der Waals surface area (Å²) in [4.78, 5) is 26.2. The Morgan fingerprint density at radius 1 is 0.864 bits per heavy atom. The van der Waals surface area contributed by atoms with Gasteiger partial charge in [0.25, 0.3) is 11.8 Å². The molecule has 0 spiro atoms. The van der Waals surface area contributed by atoms with Gasteiger partial charge < -0.3 is 5.11 Å². The SMILES string of the molecule is O=C1c2ccccc2C(=O)N1[C@@H]1C=Cc2ccccc2[C@H]1O. The van der Waals surface area contributed by atoms with E-state index in [4.69, 9.17) is 0 Å². The van der Waals surface area contributed by atoms with E-state index in [0.717, 1.165) is 16.0 Å². The lowest BCUT2D eigenvalue weighted by atomic mass is 9.90. The van der Waals surface area contributed by atoms with Crippen molar-refractivity contribution in [3.63, 3.8) is 0 Å². The molecular formula is C18H13NO3. The third kappa shape index (κ3) is 1.68. The van der Waals surface area contributed by atoms with Gasteiger partial charge in [-0.3, -0.25) is 14.5 Å². The first-order valence-electron chi connectivity index (χ1n) is 7.10. The molecule has 108 valence electrons. The molecule has 1 N–H and O–H groups in total. The van der Waals surface area contributed by atoms with Crippen molar-refractivity contribution in [1.29, 1.82) is 0 Å². The maximum Gasteiger partial charge on any atom is 0.262 e. The Kier molecular flexibility index (Phi) is 2.74. The Morgan fingerprint density at radius 2 is 1.45 bits per heavy atom. The lowest BCUT2D eigenvalue weighted by Crippen LogP contribution is -2.43. The summed E-state index contributed by atoms with van der Waals surface area (Å²) < 4.78 is 0. The minimum Gasteiger partial charge on any atom is -0.386 e. The van der Waals surface area contributed by atoms with Crippen molar-refractivity contribution >= 4 is 17.9 Å². The van der Waals surface area contributed by atoms with Crippen LogP contribution in [-0.2, 0) is 0 Å². The molecule has 2 aromatic carbocycles. The third-order valence-electron chi connectivity index (χ3n) is 4.23. The molecule has 4 heteroatoms. The Bertz CT molecular complexity index is 790. The summed E-state index contributed by atoms with van der Waals surface area (Å²) in [7, 11) is 0. The van der Waals surface area contributed by atoms with Crippen LogP contribution in [0, 0.1) is 0 Å². The molecule has 0 unspecified atom stereocenters. The summed E-state index contributed by atoms with van der Waals surface area (Å²) in [5.41, 5.74) is 2.42. The first kappa shape index (κ1) is 13.0. The number of hydrogen-bond donors (Lipinski definition) is 1. The van der Waals surface area contributed by atoms with Crippen LogP contribution in [0.25, 0.3) is 6.08 Å². The van der Waals surface area contributed by atoms with Crippen LogP contribution in [0.15, 0.2) is 54.6 Å². The van der Waals surface area contributed by atoms with Gasteiger partial charge in [0.05, 0.1) is 17.2 Å². The van der Waals surface area contributed by atoms with Gasteiger partial charge in [-0.2, -0.15) is 0 Å². The second-order valence-electron chi connectivity index (χ2n) is 5.45. The molecule has 1 heterocycles. The van der Waals surface area contributed by atoms with Gasteiger partial charge in [-0.1, -0.05) is 48.6 Å². The van der Waals surface area contributed by atoms with Crippen LogP contribution in [0.3, 0.4) is 0 Å². The second-order valence-corrected chi connectivity index (χ2v) is 5.45. The van der Waals surface area contributed by atoms with E-state index in [1.54, 1.807) is 30.3 Å². The van der Waals surface area contributed by atoms with Crippen molar-refractivity contribution in [3.8, 4) is 0 Å². The molecule has 0 bridgehead atoms. The molecule has 4 rings (SSSR count). The molecule has 0 saturated heterocycles. The zero-order valence-electron chi connectivity index (χ0n) is 11.6. The fourth-order valence-corrected chi connectivity index (χ4v) is 3.13. The molecule has 0 saturated carbocycles. The summed E-state index contributed by atoms with van der Waals surface area (Å²) >= 11 is 0. The van der Waals surface area contributed by atoms with E-state index in [9.17, 15) is 14.7 Å². The van der Waals surface area contributed by atoms with Crippen molar-refractivity contribution in [1.82, 2.24) is 4.90 Å². The lowest BCUT2D eigenvalue weighted by Gasteiger charge is -2.31. The largest absolute Gasteiger partial charge is 0.386 e. The summed E-state index contributed by atoms with van der Waals surface area (Å²) in [6, 6.07) is 13.5. The number of benzene rings is 2. The zero-order chi connectivity index (χ0) is 15.3. The van der Waals surface area contributed by atoms with Crippen molar-refractivity contribution in [2.24, 2.45) is 0 Å². The second kappa shape index (κ2) is 4.64. The topological polar surface area (TPSA) is 57.6 Å². The van der Waals surface area contributed by atoms with Crippen molar-refractivity contribution in [2.75, 3.05) is 0 Å². The molecule has 1 aliphatic heterocycles. The molecular weight excluding hydrogens is 278 g/mol.